The molecule has 1 atom stereocenters. The minimum atomic E-state index is -3.68. The second kappa shape index (κ2) is 9.33. The predicted molar refractivity (Wildman–Crippen MR) is 118 cm³/mol. The molecule has 1 aromatic carbocycles. The number of aryl methyl sites for hydroxylation is 1. The Labute approximate surface area is 188 Å². The van der Waals surface area contributed by atoms with Crippen LogP contribution in [0.3, 0.4) is 0 Å². The molecule has 2 heterocycles. The van der Waals surface area contributed by atoms with Gasteiger partial charge < -0.3 is 9.64 Å². The van der Waals surface area contributed by atoms with E-state index in [1.807, 2.05) is 13.8 Å². The van der Waals surface area contributed by atoms with Gasteiger partial charge in [-0.05, 0) is 31.9 Å². The number of nitrogens with zero attached hydrogens (tertiary/aromatic N) is 4. The maximum absolute atomic E-state index is 13.4. The fourth-order valence-electron chi connectivity index (χ4n) is 3.83. The van der Waals surface area contributed by atoms with Gasteiger partial charge in [-0.1, -0.05) is 32.0 Å². The van der Waals surface area contributed by atoms with Crippen molar-refractivity contribution in [2.75, 3.05) is 26.7 Å². The molecule has 1 aromatic heterocycles. The first-order valence-corrected chi connectivity index (χ1v) is 11.8. The van der Waals surface area contributed by atoms with Crippen LogP contribution in [0.4, 0.5) is 0 Å². The summed E-state index contributed by atoms with van der Waals surface area (Å²) in [5, 5.41) is 0. The third kappa shape index (κ3) is 4.51. The van der Waals surface area contributed by atoms with Crippen LogP contribution in [0.2, 0.25) is 0 Å². The number of benzene rings is 1. The monoisotopic (exact) mass is 460 g/mol. The van der Waals surface area contributed by atoms with E-state index in [2.05, 4.69) is 9.97 Å². The second-order valence-electron chi connectivity index (χ2n) is 8.05. The first-order valence-electron chi connectivity index (χ1n) is 10.4. The molecule has 0 N–H and O–H groups in total. The van der Waals surface area contributed by atoms with E-state index in [1.54, 1.807) is 44.2 Å². The molecule has 0 spiro atoms. The van der Waals surface area contributed by atoms with E-state index in [0.29, 0.717) is 11.5 Å². The minimum Gasteiger partial charge on any atom is -0.465 e. The molecule has 0 bridgehead atoms. The van der Waals surface area contributed by atoms with E-state index in [0.717, 1.165) is 0 Å². The van der Waals surface area contributed by atoms with Crippen molar-refractivity contribution in [2.45, 2.75) is 44.6 Å². The Hall–Kier alpha value is -2.85. The first-order chi connectivity index (χ1) is 15.1. The van der Waals surface area contributed by atoms with Gasteiger partial charge in [0.05, 0.1) is 17.7 Å². The summed E-state index contributed by atoms with van der Waals surface area (Å²) in [5.74, 6) is -0.857. The molecule has 32 heavy (non-hydrogen) atoms. The van der Waals surface area contributed by atoms with E-state index < -0.39 is 27.9 Å². The fraction of sp³-hybridized carbons (Fsp3) is 0.455. The minimum absolute atomic E-state index is 0.0142. The second-order valence-corrected chi connectivity index (χ2v) is 9.95. The summed E-state index contributed by atoms with van der Waals surface area (Å²) in [5.41, 5.74) is 0.496. The first kappa shape index (κ1) is 23.8. The summed E-state index contributed by atoms with van der Waals surface area (Å²) in [6.07, 6.45) is 0. The molecule has 9 nitrogen and oxygen atoms in total. The van der Waals surface area contributed by atoms with E-state index >= 15 is 0 Å². The number of ether oxygens (including phenoxy) is 1. The lowest BCUT2D eigenvalue weighted by molar-refractivity contribution is 0.0569. The molecular weight excluding hydrogens is 432 g/mol. The van der Waals surface area contributed by atoms with Gasteiger partial charge in [0.1, 0.15) is 17.1 Å². The quantitative estimate of drug-likeness (QED) is 0.629. The van der Waals surface area contributed by atoms with Crippen molar-refractivity contribution in [2.24, 2.45) is 0 Å². The molecule has 3 rings (SSSR count). The number of hydrogen-bond donors (Lipinski definition) is 0. The standard InChI is InChI=1S/C22H28N4O5S/c1-14(2)19-18(22(28)31-5)20(24-16(4)23-19)21(27)25-11-12-26(15(3)13-25)32(29,30)17-9-7-6-8-10-17/h6-10,14-15H,11-13H2,1-5H3. The third-order valence-electron chi connectivity index (χ3n) is 5.39. The molecule has 1 aliphatic rings. The molecular formula is C22H28N4O5S. The summed E-state index contributed by atoms with van der Waals surface area (Å²) in [6.45, 7) is 7.65. The lowest BCUT2D eigenvalue weighted by Gasteiger charge is -2.39. The van der Waals surface area contributed by atoms with E-state index in [1.165, 1.54) is 16.3 Å². The summed E-state index contributed by atoms with van der Waals surface area (Å²) in [6, 6.07) is 7.77. The van der Waals surface area contributed by atoms with E-state index in [-0.39, 0.29) is 41.7 Å². The molecule has 0 aliphatic carbocycles. The number of carbonyl (C=O) groups excluding carboxylic acids is 2. The number of carbonyl (C=O) groups is 2. The van der Waals surface area contributed by atoms with E-state index in [4.69, 9.17) is 4.74 Å². The molecule has 2 aromatic rings. The predicted octanol–water partition coefficient (Wildman–Crippen LogP) is 2.23. The van der Waals surface area contributed by atoms with Crippen molar-refractivity contribution in [3.63, 3.8) is 0 Å². The number of amides is 1. The Morgan fingerprint density at radius 2 is 1.78 bits per heavy atom. The van der Waals surface area contributed by atoms with Gasteiger partial charge in [0, 0.05) is 25.7 Å². The maximum Gasteiger partial charge on any atom is 0.342 e. The third-order valence-corrected chi connectivity index (χ3v) is 7.42. The van der Waals surface area contributed by atoms with Crippen LogP contribution < -0.4 is 0 Å². The smallest absolute Gasteiger partial charge is 0.342 e. The number of sulfonamides is 1. The molecule has 0 radical (unpaired) electrons. The van der Waals surface area contributed by atoms with Crippen LogP contribution in [0.15, 0.2) is 35.2 Å². The van der Waals surface area contributed by atoms with Crippen LogP contribution in [0.25, 0.3) is 0 Å². The van der Waals surface area contributed by atoms with Crippen molar-refractivity contribution in [1.29, 1.82) is 0 Å². The summed E-state index contributed by atoms with van der Waals surface area (Å²) in [4.78, 5) is 36.3. The van der Waals surface area contributed by atoms with Crippen LogP contribution in [-0.2, 0) is 14.8 Å². The molecule has 0 saturated carbocycles. The number of rotatable bonds is 5. The highest BCUT2D eigenvalue weighted by Crippen LogP contribution is 2.25. The van der Waals surface area contributed by atoms with Crippen molar-refractivity contribution in [1.82, 2.24) is 19.2 Å². The lowest BCUT2D eigenvalue weighted by Crippen LogP contribution is -2.55. The highest BCUT2D eigenvalue weighted by atomic mass is 32.2. The number of esters is 1. The topological polar surface area (TPSA) is 110 Å². The Balaban J connectivity index is 1.91. The van der Waals surface area contributed by atoms with Gasteiger partial charge in [0.2, 0.25) is 10.0 Å². The van der Waals surface area contributed by atoms with Crippen molar-refractivity contribution in [3.05, 3.63) is 53.1 Å². The number of piperazine rings is 1. The highest BCUT2D eigenvalue weighted by molar-refractivity contribution is 7.89. The van der Waals surface area contributed by atoms with Gasteiger partial charge in [0.25, 0.3) is 5.91 Å². The van der Waals surface area contributed by atoms with E-state index in [9.17, 15) is 18.0 Å². The van der Waals surface area contributed by atoms with Gasteiger partial charge in [-0.25, -0.2) is 23.2 Å². The zero-order valence-corrected chi connectivity index (χ0v) is 19.7. The Morgan fingerprint density at radius 1 is 1.12 bits per heavy atom. The van der Waals surface area contributed by atoms with Crippen molar-refractivity contribution in [3.8, 4) is 0 Å². The fourth-order valence-corrected chi connectivity index (χ4v) is 5.46. The highest BCUT2D eigenvalue weighted by Gasteiger charge is 2.37. The van der Waals surface area contributed by atoms with Gasteiger partial charge >= 0.3 is 5.97 Å². The van der Waals surface area contributed by atoms with Crippen molar-refractivity contribution < 1.29 is 22.7 Å². The summed E-state index contributed by atoms with van der Waals surface area (Å²) >= 11 is 0. The SMILES string of the molecule is COC(=O)c1c(C(=O)N2CCN(S(=O)(=O)c3ccccc3)C(C)C2)nc(C)nc1C(C)C. The van der Waals surface area contributed by atoms with Crippen LogP contribution in [0, 0.1) is 6.92 Å². The van der Waals surface area contributed by atoms with Crippen LogP contribution in [0.1, 0.15) is 59.1 Å². The molecule has 1 amide bonds. The Kier molecular flexibility index (Phi) is 6.94. The summed E-state index contributed by atoms with van der Waals surface area (Å²) in [7, 11) is -2.43. The van der Waals surface area contributed by atoms with Crippen LogP contribution >= 0.6 is 0 Å². The molecule has 1 aliphatic heterocycles. The lowest BCUT2D eigenvalue weighted by atomic mass is 10.0. The average molecular weight is 461 g/mol. The zero-order chi connectivity index (χ0) is 23.6. The Bertz CT molecular complexity index is 1120. The number of aromatic nitrogens is 2. The van der Waals surface area contributed by atoms with Gasteiger partial charge in [-0.15, -0.1) is 0 Å². The van der Waals surface area contributed by atoms with Crippen molar-refractivity contribution >= 4 is 21.9 Å². The molecule has 172 valence electrons. The zero-order valence-electron chi connectivity index (χ0n) is 18.9. The molecule has 1 saturated heterocycles. The average Bonchev–Trinajstić information content (AvgIpc) is 2.77. The molecule has 10 heteroatoms. The normalized spacial score (nSPS) is 17.4. The van der Waals surface area contributed by atoms with Crippen LogP contribution in [-0.4, -0.2) is 72.3 Å². The van der Waals surface area contributed by atoms with Gasteiger partial charge in [-0.3, -0.25) is 4.79 Å². The largest absolute Gasteiger partial charge is 0.465 e. The number of methoxy groups -OCH3 is 1. The van der Waals surface area contributed by atoms with Gasteiger partial charge in [-0.2, -0.15) is 4.31 Å². The summed E-state index contributed by atoms with van der Waals surface area (Å²) < 4.78 is 32.4. The Morgan fingerprint density at radius 3 is 2.34 bits per heavy atom. The molecule has 1 unspecified atom stereocenters. The maximum atomic E-state index is 13.4. The number of hydrogen-bond acceptors (Lipinski definition) is 7. The van der Waals surface area contributed by atoms with Gasteiger partial charge in [0.15, 0.2) is 0 Å². The molecule has 1 fully saturated rings. The van der Waals surface area contributed by atoms with Crippen LogP contribution in [0.5, 0.6) is 0 Å².